The number of fused-ring (bicyclic) bond motifs is 1. The molecule has 26 heavy (non-hydrogen) atoms. The smallest absolute Gasteiger partial charge is 0.254 e. The Bertz CT molecular complexity index is 929. The third-order valence-corrected chi connectivity index (χ3v) is 5.64. The zero-order valence-electron chi connectivity index (χ0n) is 15.0. The molecule has 4 rings (SSSR count). The van der Waals surface area contributed by atoms with Crippen LogP contribution in [-0.4, -0.2) is 21.9 Å². The number of aromatic nitrogens is 2. The molecule has 1 N–H and O–H groups in total. The number of hydrogen-bond acceptors (Lipinski definition) is 4. The van der Waals surface area contributed by atoms with E-state index in [0.717, 1.165) is 55.6 Å². The van der Waals surface area contributed by atoms with Crippen molar-refractivity contribution in [2.24, 2.45) is 0 Å². The topological polar surface area (TPSA) is 49.0 Å². The van der Waals surface area contributed by atoms with Crippen LogP contribution in [0.2, 0.25) is 0 Å². The first-order valence-corrected chi connectivity index (χ1v) is 10.0. The van der Waals surface area contributed by atoms with Gasteiger partial charge in [0.25, 0.3) is 5.56 Å². The lowest BCUT2D eigenvalue weighted by Crippen LogP contribution is -2.21. The van der Waals surface area contributed by atoms with E-state index in [2.05, 4.69) is 58.0 Å². The highest BCUT2D eigenvalue weighted by molar-refractivity contribution is 7.07. The van der Waals surface area contributed by atoms with Crippen molar-refractivity contribution in [1.82, 2.24) is 14.9 Å². The van der Waals surface area contributed by atoms with Gasteiger partial charge in [-0.1, -0.05) is 24.3 Å². The summed E-state index contributed by atoms with van der Waals surface area (Å²) in [4.78, 5) is 22.3. The van der Waals surface area contributed by atoms with Crippen molar-refractivity contribution in [3.05, 3.63) is 73.8 Å². The molecule has 0 saturated carbocycles. The molecule has 3 aromatic rings. The molecular formula is C21H23N3OS. The molecule has 1 aliphatic rings. The van der Waals surface area contributed by atoms with Crippen LogP contribution in [0.25, 0.3) is 11.4 Å². The van der Waals surface area contributed by atoms with Crippen LogP contribution in [-0.2, 0) is 25.9 Å². The molecule has 0 fully saturated rings. The van der Waals surface area contributed by atoms with Crippen molar-refractivity contribution < 1.29 is 0 Å². The highest BCUT2D eigenvalue weighted by atomic mass is 32.1. The molecule has 2 aromatic heterocycles. The maximum Gasteiger partial charge on any atom is 0.254 e. The Labute approximate surface area is 157 Å². The van der Waals surface area contributed by atoms with Gasteiger partial charge in [0.05, 0.1) is 5.69 Å². The second-order valence-corrected chi connectivity index (χ2v) is 7.83. The Morgan fingerprint density at radius 1 is 1.08 bits per heavy atom. The number of benzene rings is 1. The van der Waals surface area contributed by atoms with E-state index >= 15 is 0 Å². The fourth-order valence-electron chi connectivity index (χ4n) is 3.57. The van der Waals surface area contributed by atoms with Gasteiger partial charge in [0.15, 0.2) is 0 Å². The van der Waals surface area contributed by atoms with E-state index in [-0.39, 0.29) is 5.56 Å². The van der Waals surface area contributed by atoms with Crippen LogP contribution in [0.3, 0.4) is 0 Å². The van der Waals surface area contributed by atoms with Gasteiger partial charge in [0.2, 0.25) is 0 Å². The first-order chi connectivity index (χ1) is 12.7. The second-order valence-electron chi connectivity index (χ2n) is 7.05. The third-order valence-electron chi connectivity index (χ3n) is 4.90. The summed E-state index contributed by atoms with van der Waals surface area (Å²) in [7, 11) is 2.13. The first kappa shape index (κ1) is 17.2. The molecule has 0 amide bonds. The van der Waals surface area contributed by atoms with E-state index in [0.29, 0.717) is 5.82 Å². The summed E-state index contributed by atoms with van der Waals surface area (Å²) >= 11 is 1.74. The molecule has 0 saturated heterocycles. The van der Waals surface area contributed by atoms with E-state index in [9.17, 15) is 4.79 Å². The molecule has 134 valence electrons. The number of H-pyrrole nitrogens is 1. The van der Waals surface area contributed by atoms with Crippen LogP contribution in [0.15, 0.2) is 45.9 Å². The number of rotatable bonds is 5. The lowest BCUT2D eigenvalue weighted by Gasteiger charge is -2.17. The third kappa shape index (κ3) is 3.79. The number of nitrogens with one attached hydrogen (secondary N) is 1. The highest BCUT2D eigenvalue weighted by Crippen LogP contribution is 2.21. The monoisotopic (exact) mass is 365 g/mol. The molecule has 0 bridgehead atoms. The minimum absolute atomic E-state index is 0.0317. The van der Waals surface area contributed by atoms with E-state index in [1.165, 1.54) is 11.1 Å². The van der Waals surface area contributed by atoms with Crippen LogP contribution in [0.1, 0.15) is 35.2 Å². The van der Waals surface area contributed by atoms with Crippen molar-refractivity contribution in [3.8, 4) is 11.4 Å². The lowest BCUT2D eigenvalue weighted by molar-refractivity contribution is 0.319. The molecule has 0 atom stereocenters. The number of aromatic amines is 1. The van der Waals surface area contributed by atoms with Crippen molar-refractivity contribution in [1.29, 1.82) is 0 Å². The minimum Gasteiger partial charge on any atom is -0.306 e. The molecule has 0 unspecified atom stereocenters. The van der Waals surface area contributed by atoms with E-state index < -0.39 is 0 Å². The predicted octanol–water partition coefficient (Wildman–Crippen LogP) is 4.01. The molecule has 2 heterocycles. The van der Waals surface area contributed by atoms with Gasteiger partial charge in [-0.3, -0.25) is 9.69 Å². The van der Waals surface area contributed by atoms with Gasteiger partial charge in [-0.05, 0) is 60.7 Å². The van der Waals surface area contributed by atoms with Crippen LogP contribution in [0.4, 0.5) is 0 Å². The Hall–Kier alpha value is -2.24. The number of thiophene rings is 1. The average Bonchev–Trinajstić information content (AvgIpc) is 3.15. The summed E-state index contributed by atoms with van der Waals surface area (Å²) in [5.41, 5.74) is 5.47. The van der Waals surface area contributed by atoms with Crippen molar-refractivity contribution in [2.45, 2.75) is 38.8 Å². The first-order valence-electron chi connectivity index (χ1n) is 9.10. The average molecular weight is 366 g/mol. The van der Waals surface area contributed by atoms with Gasteiger partial charge in [0.1, 0.15) is 5.82 Å². The van der Waals surface area contributed by atoms with Crippen molar-refractivity contribution in [2.75, 3.05) is 7.05 Å². The van der Waals surface area contributed by atoms with Gasteiger partial charge < -0.3 is 4.98 Å². The van der Waals surface area contributed by atoms with Crippen molar-refractivity contribution in [3.63, 3.8) is 0 Å². The lowest BCUT2D eigenvalue weighted by atomic mass is 9.97. The summed E-state index contributed by atoms with van der Waals surface area (Å²) in [6.07, 6.45) is 3.98. The van der Waals surface area contributed by atoms with Gasteiger partial charge in [0, 0.05) is 24.2 Å². The van der Waals surface area contributed by atoms with Gasteiger partial charge in [-0.25, -0.2) is 4.98 Å². The second kappa shape index (κ2) is 7.56. The number of hydrogen-bond donors (Lipinski definition) is 1. The van der Waals surface area contributed by atoms with E-state index in [1.54, 1.807) is 11.3 Å². The predicted molar refractivity (Wildman–Crippen MR) is 106 cm³/mol. The van der Waals surface area contributed by atoms with E-state index in [1.807, 2.05) is 0 Å². The largest absolute Gasteiger partial charge is 0.306 e. The summed E-state index contributed by atoms with van der Waals surface area (Å²) < 4.78 is 0. The zero-order chi connectivity index (χ0) is 17.9. The standard InChI is InChI=1S/C21H23N3OS/c1-24(13-16-10-11-26-14-16)12-15-6-8-17(9-7-15)20-22-19-5-3-2-4-18(19)21(25)23-20/h6-11,14H,2-5,12-13H2,1H3,(H,22,23,25). The van der Waals surface area contributed by atoms with Gasteiger partial charge in [-0.15, -0.1) is 0 Å². The number of aryl methyl sites for hydroxylation is 1. The molecule has 5 heteroatoms. The Balaban J connectivity index is 1.49. The SMILES string of the molecule is CN(Cc1ccc(-c2nc3c(c(=O)[nH]2)CCCC3)cc1)Cc1ccsc1. The maximum atomic E-state index is 12.3. The zero-order valence-corrected chi connectivity index (χ0v) is 15.8. The maximum absolute atomic E-state index is 12.3. The Morgan fingerprint density at radius 3 is 2.62 bits per heavy atom. The quantitative estimate of drug-likeness (QED) is 0.743. The highest BCUT2D eigenvalue weighted by Gasteiger charge is 2.16. The fourth-order valence-corrected chi connectivity index (χ4v) is 4.23. The van der Waals surface area contributed by atoms with Crippen LogP contribution >= 0.6 is 11.3 Å². The number of nitrogens with zero attached hydrogens (tertiary/aromatic N) is 2. The molecule has 4 nitrogen and oxygen atoms in total. The van der Waals surface area contributed by atoms with Gasteiger partial charge >= 0.3 is 0 Å². The minimum atomic E-state index is 0.0317. The molecule has 0 spiro atoms. The van der Waals surface area contributed by atoms with Crippen LogP contribution in [0, 0.1) is 0 Å². The molecule has 0 aliphatic heterocycles. The molecule has 0 radical (unpaired) electrons. The normalized spacial score (nSPS) is 13.8. The summed E-state index contributed by atoms with van der Waals surface area (Å²) in [6, 6.07) is 10.5. The van der Waals surface area contributed by atoms with Crippen LogP contribution in [0.5, 0.6) is 0 Å². The molecule has 1 aliphatic carbocycles. The van der Waals surface area contributed by atoms with Crippen LogP contribution < -0.4 is 5.56 Å². The fraction of sp³-hybridized carbons (Fsp3) is 0.333. The Morgan fingerprint density at radius 2 is 1.85 bits per heavy atom. The Kier molecular flexibility index (Phi) is 5.00. The van der Waals surface area contributed by atoms with E-state index in [4.69, 9.17) is 4.98 Å². The van der Waals surface area contributed by atoms with Crippen molar-refractivity contribution >= 4 is 11.3 Å². The summed E-state index contributed by atoms with van der Waals surface area (Å²) in [5, 5.41) is 4.31. The summed E-state index contributed by atoms with van der Waals surface area (Å²) in [5.74, 6) is 0.689. The van der Waals surface area contributed by atoms with Gasteiger partial charge in [-0.2, -0.15) is 11.3 Å². The molecular weight excluding hydrogens is 342 g/mol. The summed E-state index contributed by atoms with van der Waals surface area (Å²) in [6.45, 7) is 1.84. The molecule has 1 aromatic carbocycles.